The maximum Gasteiger partial charge on any atom is 0.0148 e. The van der Waals surface area contributed by atoms with Crippen LogP contribution < -0.4 is 11.5 Å². The van der Waals surface area contributed by atoms with Crippen LogP contribution in [0.3, 0.4) is 0 Å². The molecule has 0 saturated carbocycles. The number of hydrogen-bond donors (Lipinski definition) is 2. The first-order valence-electron chi connectivity index (χ1n) is 9.72. The fraction of sp³-hybridized carbons (Fsp3) is 1.00. The average Bonchev–Trinajstić information content (AvgIpc) is 2.41. The lowest BCUT2D eigenvalue weighted by molar-refractivity contribution is 0.181. The topological polar surface area (TPSA) is 58.5 Å². The molecule has 0 rings (SSSR count). The first-order valence-corrected chi connectivity index (χ1v) is 9.72. The summed E-state index contributed by atoms with van der Waals surface area (Å²) in [6, 6.07) is 0. The Morgan fingerprint density at radius 3 is 1.38 bits per heavy atom. The molecule has 0 amide bonds. The highest BCUT2D eigenvalue weighted by atomic mass is 15.0. The molecule has 4 N–H and O–H groups in total. The quantitative estimate of drug-likeness (QED) is 0.532. The molecule has 0 aliphatic rings. The zero-order valence-electron chi connectivity index (χ0n) is 18.1. The van der Waals surface area contributed by atoms with Crippen molar-refractivity contribution in [3.8, 4) is 0 Å². The zero-order chi connectivity index (χ0) is 19.2. The molecule has 0 heterocycles. The van der Waals surface area contributed by atoms with E-state index in [0.29, 0.717) is 0 Å². The predicted molar refractivity (Wildman–Crippen MR) is 111 cm³/mol. The summed E-state index contributed by atoms with van der Waals surface area (Å²) in [5, 5.41) is 0. The van der Waals surface area contributed by atoms with E-state index in [4.69, 9.17) is 11.5 Å². The van der Waals surface area contributed by atoms with Gasteiger partial charge < -0.3 is 21.3 Å². The molecule has 0 aromatic heterocycles. The van der Waals surface area contributed by atoms with Crippen molar-refractivity contribution >= 4 is 0 Å². The third kappa shape index (κ3) is 16.7. The molecule has 0 radical (unpaired) electrons. The first kappa shape index (κ1) is 26.1. The molecule has 0 spiro atoms. The van der Waals surface area contributed by atoms with E-state index in [-0.39, 0.29) is 11.0 Å². The van der Waals surface area contributed by atoms with Crippen molar-refractivity contribution in [2.45, 2.75) is 78.2 Å². The van der Waals surface area contributed by atoms with Crippen LogP contribution in [0.15, 0.2) is 0 Å². The maximum absolute atomic E-state index is 6.06. The lowest BCUT2D eigenvalue weighted by Gasteiger charge is -2.38. The van der Waals surface area contributed by atoms with Gasteiger partial charge in [-0.05, 0) is 92.8 Å². The second-order valence-corrected chi connectivity index (χ2v) is 8.87. The molecule has 4 heteroatoms. The van der Waals surface area contributed by atoms with Crippen LogP contribution in [0.4, 0.5) is 0 Å². The summed E-state index contributed by atoms with van der Waals surface area (Å²) in [5.74, 6) is 0. The predicted octanol–water partition coefficient (Wildman–Crippen LogP) is 3.55. The third-order valence-electron chi connectivity index (χ3n) is 4.96. The highest BCUT2D eigenvalue weighted by molar-refractivity contribution is 4.89. The molecule has 0 aliphatic heterocycles. The van der Waals surface area contributed by atoms with Crippen LogP contribution in [0.2, 0.25) is 0 Å². The molecule has 148 valence electrons. The summed E-state index contributed by atoms with van der Waals surface area (Å²) in [5.41, 5.74) is 11.6. The maximum atomic E-state index is 6.06. The van der Waals surface area contributed by atoms with Crippen molar-refractivity contribution < 1.29 is 0 Å². The number of nitrogens with two attached hydrogens (primary N) is 2. The van der Waals surface area contributed by atoms with E-state index in [1.165, 1.54) is 45.2 Å². The molecule has 0 fully saturated rings. The first-order chi connectivity index (χ1) is 10.9. The van der Waals surface area contributed by atoms with Crippen LogP contribution in [0, 0.1) is 5.41 Å². The van der Waals surface area contributed by atoms with Gasteiger partial charge in [0.15, 0.2) is 0 Å². The molecule has 0 unspecified atom stereocenters. The standard InChI is InChI=1S/2C10H24N2/c1-11(2)9-7-5-6-8-10-12(3)4;1-9(2,10(3,4)12)7-5-6-8-11/h5-10H2,1-4H3;5-8,11-12H2,1-4H3. The van der Waals surface area contributed by atoms with Crippen LogP contribution in [-0.4, -0.2) is 63.2 Å². The summed E-state index contributed by atoms with van der Waals surface area (Å²) >= 11 is 0. The van der Waals surface area contributed by atoms with Crippen LogP contribution in [-0.2, 0) is 0 Å². The summed E-state index contributed by atoms with van der Waals surface area (Å²) < 4.78 is 0. The van der Waals surface area contributed by atoms with Crippen molar-refractivity contribution in [2.24, 2.45) is 16.9 Å². The van der Waals surface area contributed by atoms with E-state index >= 15 is 0 Å². The van der Waals surface area contributed by atoms with Gasteiger partial charge in [0.05, 0.1) is 0 Å². The molecular formula is C20H48N4. The SMILES string of the molecule is CC(C)(N)C(C)(C)CCCCN.CN(C)CCCCCCN(C)C. The number of nitrogens with zero attached hydrogens (tertiary/aromatic N) is 2. The monoisotopic (exact) mass is 344 g/mol. The fourth-order valence-electron chi connectivity index (χ4n) is 2.24. The Morgan fingerprint density at radius 2 is 1.08 bits per heavy atom. The smallest absolute Gasteiger partial charge is 0.0148 e. The van der Waals surface area contributed by atoms with E-state index in [1.807, 2.05) is 0 Å². The summed E-state index contributed by atoms with van der Waals surface area (Å²) in [6.07, 6.45) is 8.91. The molecule has 0 aromatic rings. The average molecular weight is 345 g/mol. The number of rotatable bonds is 12. The summed E-state index contributed by atoms with van der Waals surface area (Å²) in [4.78, 5) is 4.51. The van der Waals surface area contributed by atoms with Crippen LogP contribution in [0.25, 0.3) is 0 Å². The fourth-order valence-corrected chi connectivity index (χ4v) is 2.24. The summed E-state index contributed by atoms with van der Waals surface area (Å²) in [7, 11) is 8.55. The lowest BCUT2D eigenvalue weighted by atomic mass is 9.72. The van der Waals surface area contributed by atoms with Gasteiger partial charge in [0, 0.05) is 5.54 Å². The van der Waals surface area contributed by atoms with Gasteiger partial charge in [-0.2, -0.15) is 0 Å². The normalized spacial score (nSPS) is 12.5. The van der Waals surface area contributed by atoms with Crippen LogP contribution in [0.1, 0.15) is 72.6 Å². The Labute approximate surface area is 153 Å². The second kappa shape index (κ2) is 14.1. The van der Waals surface area contributed by atoms with Gasteiger partial charge in [0.25, 0.3) is 0 Å². The Bertz CT molecular complexity index is 255. The van der Waals surface area contributed by atoms with Crippen molar-refractivity contribution in [3.63, 3.8) is 0 Å². The van der Waals surface area contributed by atoms with E-state index < -0.39 is 0 Å². The highest BCUT2D eigenvalue weighted by Crippen LogP contribution is 2.33. The Hall–Kier alpha value is -0.160. The molecule has 0 bridgehead atoms. The number of hydrogen-bond acceptors (Lipinski definition) is 4. The minimum atomic E-state index is -0.0956. The highest BCUT2D eigenvalue weighted by Gasteiger charge is 2.32. The molecule has 24 heavy (non-hydrogen) atoms. The van der Waals surface area contributed by atoms with Crippen molar-refractivity contribution in [1.82, 2.24) is 9.80 Å². The van der Waals surface area contributed by atoms with Gasteiger partial charge in [-0.25, -0.2) is 0 Å². The van der Waals surface area contributed by atoms with E-state index in [0.717, 1.165) is 19.4 Å². The van der Waals surface area contributed by atoms with Crippen LogP contribution in [0.5, 0.6) is 0 Å². The van der Waals surface area contributed by atoms with Crippen molar-refractivity contribution in [2.75, 3.05) is 47.8 Å². The van der Waals surface area contributed by atoms with Gasteiger partial charge in [-0.1, -0.05) is 33.1 Å². The summed E-state index contributed by atoms with van der Waals surface area (Å²) in [6.45, 7) is 11.9. The van der Waals surface area contributed by atoms with Crippen molar-refractivity contribution in [1.29, 1.82) is 0 Å². The van der Waals surface area contributed by atoms with Gasteiger partial charge in [0.1, 0.15) is 0 Å². The number of unbranched alkanes of at least 4 members (excludes halogenated alkanes) is 4. The minimum Gasteiger partial charge on any atom is -0.330 e. The Kier molecular flexibility index (Phi) is 15.3. The van der Waals surface area contributed by atoms with Crippen LogP contribution >= 0.6 is 0 Å². The van der Waals surface area contributed by atoms with Gasteiger partial charge >= 0.3 is 0 Å². The van der Waals surface area contributed by atoms with E-state index in [2.05, 4.69) is 65.7 Å². The van der Waals surface area contributed by atoms with Gasteiger partial charge in [0.2, 0.25) is 0 Å². The molecule has 0 saturated heterocycles. The Balaban J connectivity index is 0. The molecule has 0 aromatic carbocycles. The minimum absolute atomic E-state index is 0.0956. The third-order valence-corrected chi connectivity index (χ3v) is 4.96. The molecular weight excluding hydrogens is 296 g/mol. The zero-order valence-corrected chi connectivity index (χ0v) is 18.1. The second-order valence-electron chi connectivity index (χ2n) is 8.87. The van der Waals surface area contributed by atoms with E-state index in [1.54, 1.807) is 0 Å². The molecule has 0 aliphatic carbocycles. The van der Waals surface area contributed by atoms with E-state index in [9.17, 15) is 0 Å². The molecule has 4 nitrogen and oxygen atoms in total. The Morgan fingerprint density at radius 1 is 0.667 bits per heavy atom. The van der Waals surface area contributed by atoms with Gasteiger partial charge in [-0.15, -0.1) is 0 Å². The molecule has 0 atom stereocenters. The van der Waals surface area contributed by atoms with Gasteiger partial charge in [-0.3, -0.25) is 0 Å². The van der Waals surface area contributed by atoms with Crippen molar-refractivity contribution in [3.05, 3.63) is 0 Å². The largest absolute Gasteiger partial charge is 0.330 e. The lowest BCUT2D eigenvalue weighted by Crippen LogP contribution is -2.47.